The summed E-state index contributed by atoms with van der Waals surface area (Å²) in [5.74, 6) is -2.90. The molecule has 0 aromatic heterocycles. The molecule has 0 spiro atoms. The summed E-state index contributed by atoms with van der Waals surface area (Å²) in [5.41, 5.74) is 0. The molecule has 0 radical (unpaired) electrons. The van der Waals surface area contributed by atoms with Crippen molar-refractivity contribution in [3.8, 4) is 0 Å². The molecule has 1 aliphatic rings. The molecule has 1 fully saturated rings. The largest absolute Gasteiger partial charge is 0.362 e. The van der Waals surface area contributed by atoms with Crippen LogP contribution < -0.4 is 0 Å². The molecular weight excluding hydrogens is 315 g/mol. The summed E-state index contributed by atoms with van der Waals surface area (Å²) in [6.07, 6.45) is 12.5. The number of nitrogens with zero attached hydrogens (tertiary/aromatic N) is 1. The van der Waals surface area contributed by atoms with Crippen LogP contribution >= 0.6 is 0 Å². The predicted molar refractivity (Wildman–Crippen MR) is 93.0 cm³/mol. The van der Waals surface area contributed by atoms with E-state index in [0.717, 1.165) is 24.7 Å². The van der Waals surface area contributed by atoms with Crippen molar-refractivity contribution in [3.05, 3.63) is 0 Å². The number of rotatable bonds is 12. The Morgan fingerprint density at radius 3 is 1.83 bits per heavy atom. The topological polar surface area (TPSA) is 12.5 Å². The first-order chi connectivity index (χ1) is 11.3. The number of hydrogen-bond donors (Lipinski definition) is 0. The van der Waals surface area contributed by atoms with Crippen LogP contribution in [0.15, 0.2) is 0 Å². The van der Waals surface area contributed by atoms with Gasteiger partial charge in [-0.1, -0.05) is 71.1 Å². The van der Waals surface area contributed by atoms with Crippen molar-refractivity contribution in [2.45, 2.75) is 109 Å². The summed E-state index contributed by atoms with van der Waals surface area (Å²) in [7, 11) is 0. The molecule has 0 bridgehead atoms. The Hall–Kier alpha value is -0.290. The summed E-state index contributed by atoms with van der Waals surface area (Å²) in [6, 6.07) is -3.54. The van der Waals surface area contributed by atoms with E-state index in [-0.39, 0.29) is 13.1 Å². The number of hydrogen-bond acceptors (Lipinski definition) is 2. The van der Waals surface area contributed by atoms with Crippen LogP contribution in [0.4, 0.5) is 13.2 Å². The third-order valence-corrected chi connectivity index (χ3v) is 4.87. The second-order valence-electron chi connectivity index (χ2n) is 7.37. The van der Waals surface area contributed by atoms with Gasteiger partial charge in [0.1, 0.15) is 0 Å². The zero-order chi connectivity index (χ0) is 18.1. The minimum Gasteiger partial charge on any atom is -0.336 e. The smallest absolute Gasteiger partial charge is 0.336 e. The Kier molecular flexibility index (Phi) is 9.65. The molecule has 0 amide bonds. The predicted octanol–water partition coefficient (Wildman–Crippen LogP) is 6.30. The molecule has 0 aromatic rings. The van der Waals surface area contributed by atoms with Crippen LogP contribution in [0.25, 0.3) is 0 Å². The van der Waals surface area contributed by atoms with E-state index >= 15 is 0 Å². The first-order valence-electron chi connectivity index (χ1n) is 9.81. The lowest BCUT2D eigenvalue weighted by atomic mass is 10.1. The average Bonchev–Trinajstić information content (AvgIpc) is 2.49. The van der Waals surface area contributed by atoms with Gasteiger partial charge in [-0.05, 0) is 13.3 Å². The van der Waals surface area contributed by atoms with Crippen LogP contribution in [-0.4, -0.2) is 36.0 Å². The van der Waals surface area contributed by atoms with Gasteiger partial charge in [-0.2, -0.15) is 8.78 Å². The van der Waals surface area contributed by atoms with Gasteiger partial charge in [0.15, 0.2) is 0 Å². The van der Waals surface area contributed by atoms with E-state index in [1.54, 1.807) is 6.92 Å². The molecule has 2 nitrogen and oxygen atoms in total. The van der Waals surface area contributed by atoms with Gasteiger partial charge < -0.3 is 4.74 Å². The molecule has 1 rings (SSSR count). The SMILES string of the molecule is CCCCCCCCCCCCCN1CC(C)OC(C)(F)C1(F)F. The van der Waals surface area contributed by atoms with Crippen molar-refractivity contribution in [2.24, 2.45) is 0 Å². The van der Waals surface area contributed by atoms with Gasteiger partial charge in [-0.15, -0.1) is 0 Å². The third kappa shape index (κ3) is 6.91. The van der Waals surface area contributed by atoms with E-state index < -0.39 is 18.0 Å². The zero-order valence-corrected chi connectivity index (χ0v) is 15.8. The third-order valence-electron chi connectivity index (χ3n) is 4.87. The quantitative estimate of drug-likeness (QED) is 0.302. The molecule has 0 saturated carbocycles. The fourth-order valence-electron chi connectivity index (χ4n) is 3.39. The van der Waals surface area contributed by atoms with Crippen molar-refractivity contribution >= 4 is 0 Å². The van der Waals surface area contributed by atoms with Crippen LogP contribution in [0.3, 0.4) is 0 Å². The lowest BCUT2D eigenvalue weighted by Gasteiger charge is -2.45. The maximum Gasteiger partial charge on any atom is 0.362 e. The summed E-state index contributed by atoms with van der Waals surface area (Å²) in [4.78, 5) is 0.953. The lowest BCUT2D eigenvalue weighted by Crippen LogP contribution is -2.63. The maximum atomic E-state index is 14.0. The molecular formula is C19H36F3NO. The standard InChI is InChI=1S/C19H36F3NO/c1-4-5-6-7-8-9-10-11-12-13-14-15-23-16-17(2)24-18(3,20)19(23,21)22/h17H,4-16H2,1-3H3. The molecule has 0 aromatic carbocycles. The average molecular weight is 351 g/mol. The summed E-state index contributed by atoms with van der Waals surface area (Å²) in [6.45, 7) is 5.01. The van der Waals surface area contributed by atoms with Gasteiger partial charge in [-0.3, -0.25) is 0 Å². The molecule has 144 valence electrons. The van der Waals surface area contributed by atoms with Crippen LogP contribution in [0, 0.1) is 0 Å². The van der Waals surface area contributed by atoms with Crippen molar-refractivity contribution < 1.29 is 17.9 Å². The molecule has 0 N–H and O–H groups in total. The van der Waals surface area contributed by atoms with Crippen LogP contribution in [-0.2, 0) is 4.74 Å². The van der Waals surface area contributed by atoms with Gasteiger partial charge in [0.05, 0.1) is 6.10 Å². The van der Waals surface area contributed by atoms with Gasteiger partial charge in [-0.25, -0.2) is 9.29 Å². The van der Waals surface area contributed by atoms with E-state index in [9.17, 15) is 13.2 Å². The first-order valence-corrected chi connectivity index (χ1v) is 9.81. The summed E-state index contributed by atoms with van der Waals surface area (Å²) in [5, 5.41) is 0. The lowest BCUT2D eigenvalue weighted by molar-refractivity contribution is -0.369. The molecule has 2 atom stereocenters. The van der Waals surface area contributed by atoms with E-state index in [4.69, 9.17) is 4.74 Å². The van der Waals surface area contributed by atoms with Gasteiger partial charge >= 0.3 is 6.05 Å². The highest BCUT2D eigenvalue weighted by Gasteiger charge is 2.60. The zero-order valence-electron chi connectivity index (χ0n) is 15.8. The summed E-state index contributed by atoms with van der Waals surface area (Å²) >= 11 is 0. The normalized spacial score (nSPS) is 27.5. The van der Waals surface area contributed by atoms with Crippen LogP contribution in [0.5, 0.6) is 0 Å². The Bertz CT molecular complexity index is 337. The van der Waals surface area contributed by atoms with Crippen molar-refractivity contribution in [1.82, 2.24) is 4.90 Å². The number of unbranched alkanes of at least 4 members (excludes halogenated alkanes) is 10. The van der Waals surface area contributed by atoms with Crippen molar-refractivity contribution in [1.29, 1.82) is 0 Å². The Balaban J connectivity index is 2.08. The fourth-order valence-corrected chi connectivity index (χ4v) is 3.39. The Morgan fingerprint density at radius 1 is 0.875 bits per heavy atom. The first kappa shape index (κ1) is 21.8. The Morgan fingerprint density at radius 2 is 1.33 bits per heavy atom. The molecule has 24 heavy (non-hydrogen) atoms. The van der Waals surface area contributed by atoms with Crippen LogP contribution in [0.2, 0.25) is 0 Å². The van der Waals surface area contributed by atoms with Crippen molar-refractivity contribution in [3.63, 3.8) is 0 Å². The molecule has 0 aliphatic carbocycles. The molecule has 1 saturated heterocycles. The van der Waals surface area contributed by atoms with Gasteiger partial charge in [0.25, 0.3) is 5.85 Å². The number of morpholine rings is 1. The van der Waals surface area contributed by atoms with Crippen molar-refractivity contribution in [2.75, 3.05) is 13.1 Å². The van der Waals surface area contributed by atoms with Crippen LogP contribution in [0.1, 0.15) is 91.4 Å². The molecule has 1 aliphatic heterocycles. The molecule has 5 heteroatoms. The van der Waals surface area contributed by atoms with E-state index in [1.807, 2.05) is 0 Å². The number of ether oxygens (including phenoxy) is 1. The van der Waals surface area contributed by atoms with E-state index in [1.165, 1.54) is 51.4 Å². The van der Waals surface area contributed by atoms with E-state index in [0.29, 0.717) is 6.42 Å². The summed E-state index contributed by atoms with van der Waals surface area (Å²) < 4.78 is 46.8. The second kappa shape index (κ2) is 10.6. The minimum absolute atomic E-state index is 0.0876. The second-order valence-corrected chi connectivity index (χ2v) is 7.37. The highest BCUT2D eigenvalue weighted by Crippen LogP contribution is 2.41. The molecule has 1 heterocycles. The van der Waals surface area contributed by atoms with E-state index in [2.05, 4.69) is 6.92 Å². The number of halogens is 3. The maximum absolute atomic E-state index is 14.0. The fraction of sp³-hybridized carbons (Fsp3) is 1.00. The highest BCUT2D eigenvalue weighted by molar-refractivity contribution is 4.89. The Labute approximate surface area is 146 Å². The minimum atomic E-state index is -3.54. The van der Waals surface area contributed by atoms with Gasteiger partial charge in [0.2, 0.25) is 0 Å². The molecule has 2 unspecified atom stereocenters. The monoisotopic (exact) mass is 351 g/mol. The highest BCUT2D eigenvalue weighted by atomic mass is 19.3. The van der Waals surface area contributed by atoms with Gasteiger partial charge in [0, 0.05) is 20.0 Å². The number of alkyl halides is 3.